The van der Waals surface area contributed by atoms with E-state index < -0.39 is 10.1 Å². The van der Waals surface area contributed by atoms with E-state index in [1.54, 1.807) is 36.4 Å². The molecular weight excluding hydrogens is 300 g/mol. The molecule has 5 nitrogen and oxygen atoms in total. The predicted octanol–water partition coefficient (Wildman–Crippen LogP) is 3.24. The number of hydrogen-bond acceptors (Lipinski definition) is 4. The van der Waals surface area contributed by atoms with Crippen molar-refractivity contribution in [1.29, 1.82) is 5.26 Å². The summed E-state index contributed by atoms with van der Waals surface area (Å²) in [6, 6.07) is 15.6. The van der Waals surface area contributed by atoms with E-state index in [0.29, 0.717) is 5.56 Å². The molecular formula is C16H10N2O3S. The Morgan fingerprint density at radius 1 is 1.14 bits per heavy atom. The van der Waals surface area contributed by atoms with Crippen LogP contribution in [-0.4, -0.2) is 8.42 Å². The summed E-state index contributed by atoms with van der Waals surface area (Å²) in [5.41, 5.74) is 0.558. The topological polar surface area (TPSA) is 71.5 Å². The summed E-state index contributed by atoms with van der Waals surface area (Å²) in [7, 11) is -3.87. The Morgan fingerprint density at radius 2 is 1.77 bits per heavy atom. The predicted molar refractivity (Wildman–Crippen MR) is 80.9 cm³/mol. The van der Waals surface area contributed by atoms with E-state index >= 15 is 0 Å². The van der Waals surface area contributed by atoms with Crippen LogP contribution in [0.3, 0.4) is 0 Å². The van der Waals surface area contributed by atoms with E-state index in [1.165, 1.54) is 30.3 Å². The second kappa shape index (κ2) is 6.57. The van der Waals surface area contributed by atoms with Crippen LogP contribution in [0.5, 0.6) is 5.75 Å². The van der Waals surface area contributed by atoms with Gasteiger partial charge in [-0.05, 0) is 35.9 Å². The molecule has 0 aliphatic rings. The van der Waals surface area contributed by atoms with Gasteiger partial charge < -0.3 is 4.18 Å². The van der Waals surface area contributed by atoms with Gasteiger partial charge in [0.25, 0.3) is 5.70 Å². The summed E-state index contributed by atoms with van der Waals surface area (Å²) < 4.78 is 29.1. The largest absolute Gasteiger partial charge is 0.379 e. The van der Waals surface area contributed by atoms with Crippen molar-refractivity contribution >= 4 is 16.2 Å². The second-order valence-corrected chi connectivity index (χ2v) is 5.72. The molecule has 0 unspecified atom stereocenters. The van der Waals surface area contributed by atoms with E-state index in [2.05, 4.69) is 4.85 Å². The van der Waals surface area contributed by atoms with Crippen molar-refractivity contribution in [2.45, 2.75) is 4.90 Å². The summed E-state index contributed by atoms with van der Waals surface area (Å²) >= 11 is 0. The summed E-state index contributed by atoms with van der Waals surface area (Å²) in [5.74, 6) is 0.155. The molecule has 0 N–H and O–H groups in total. The third-order valence-electron chi connectivity index (χ3n) is 2.66. The van der Waals surface area contributed by atoms with Gasteiger partial charge in [-0.3, -0.25) is 0 Å². The van der Waals surface area contributed by atoms with Crippen LogP contribution in [0.15, 0.2) is 65.2 Å². The number of benzene rings is 2. The van der Waals surface area contributed by atoms with Crippen LogP contribution in [0.25, 0.3) is 10.9 Å². The quantitative estimate of drug-likeness (QED) is 0.494. The molecule has 0 atom stereocenters. The Kier molecular flexibility index (Phi) is 4.57. The van der Waals surface area contributed by atoms with Gasteiger partial charge in [0.1, 0.15) is 10.6 Å². The van der Waals surface area contributed by atoms with Crippen LogP contribution in [-0.2, 0) is 10.1 Å². The Hall–Kier alpha value is -3.09. The van der Waals surface area contributed by atoms with Crippen molar-refractivity contribution in [3.05, 3.63) is 77.3 Å². The van der Waals surface area contributed by atoms with Crippen molar-refractivity contribution in [3.8, 4) is 11.8 Å². The summed E-state index contributed by atoms with van der Waals surface area (Å²) in [4.78, 5) is 3.11. The molecule has 0 spiro atoms. The lowest BCUT2D eigenvalue weighted by Crippen LogP contribution is -2.09. The van der Waals surface area contributed by atoms with Crippen molar-refractivity contribution in [2.75, 3.05) is 0 Å². The fourth-order valence-corrected chi connectivity index (χ4v) is 2.58. The highest BCUT2D eigenvalue weighted by atomic mass is 32.2. The molecule has 0 aliphatic carbocycles. The minimum atomic E-state index is -3.87. The van der Waals surface area contributed by atoms with Crippen molar-refractivity contribution in [2.24, 2.45) is 0 Å². The van der Waals surface area contributed by atoms with Crippen molar-refractivity contribution in [3.63, 3.8) is 0 Å². The van der Waals surface area contributed by atoms with Crippen molar-refractivity contribution < 1.29 is 12.6 Å². The Morgan fingerprint density at radius 3 is 2.32 bits per heavy atom. The number of allylic oxidation sites excluding steroid dienone is 1. The highest BCUT2D eigenvalue weighted by molar-refractivity contribution is 7.87. The molecule has 0 fully saturated rings. The molecule has 0 amide bonds. The van der Waals surface area contributed by atoms with Crippen molar-refractivity contribution in [1.82, 2.24) is 0 Å². The van der Waals surface area contributed by atoms with Gasteiger partial charge in [-0.25, -0.2) is 10.1 Å². The van der Waals surface area contributed by atoms with Crippen LogP contribution in [0, 0.1) is 17.9 Å². The van der Waals surface area contributed by atoms with Crippen LogP contribution in [0.2, 0.25) is 0 Å². The van der Waals surface area contributed by atoms with Gasteiger partial charge in [-0.15, -0.1) is 0 Å². The smallest absolute Gasteiger partial charge is 0.339 e. The molecule has 0 radical (unpaired) electrons. The lowest BCUT2D eigenvalue weighted by atomic mass is 10.2. The van der Waals surface area contributed by atoms with E-state index in [4.69, 9.17) is 16.0 Å². The Bertz CT molecular complexity index is 856. The maximum absolute atomic E-state index is 12.0. The summed E-state index contributed by atoms with van der Waals surface area (Å²) in [6.07, 6.45) is 1.41. The van der Waals surface area contributed by atoms with Gasteiger partial charge in [-0.2, -0.15) is 8.42 Å². The number of hydrogen-bond donors (Lipinski definition) is 0. The number of rotatable bonds is 4. The fraction of sp³-hybridized carbons (Fsp3) is 0. The number of nitriles is 1. The molecule has 0 aromatic heterocycles. The lowest BCUT2D eigenvalue weighted by molar-refractivity contribution is 0.486. The Labute approximate surface area is 128 Å². The first kappa shape index (κ1) is 15.3. The second-order valence-electron chi connectivity index (χ2n) is 4.17. The Balaban J connectivity index is 2.21. The van der Waals surface area contributed by atoms with Gasteiger partial charge in [-0.1, -0.05) is 30.3 Å². The van der Waals surface area contributed by atoms with Gasteiger partial charge in [0.15, 0.2) is 0 Å². The molecule has 0 heterocycles. The molecule has 2 aromatic rings. The third-order valence-corrected chi connectivity index (χ3v) is 3.92. The van der Waals surface area contributed by atoms with Gasteiger partial charge in [0.2, 0.25) is 0 Å². The van der Waals surface area contributed by atoms with Crippen LogP contribution in [0.1, 0.15) is 5.56 Å². The average Bonchev–Trinajstić information content (AvgIpc) is 2.54. The molecule has 0 bridgehead atoms. The van der Waals surface area contributed by atoms with E-state index in [1.807, 2.05) is 0 Å². The average molecular weight is 310 g/mol. The molecule has 22 heavy (non-hydrogen) atoms. The highest BCUT2D eigenvalue weighted by Gasteiger charge is 2.15. The first-order chi connectivity index (χ1) is 10.5. The molecule has 6 heteroatoms. The number of nitrogens with zero attached hydrogens (tertiary/aromatic N) is 2. The highest BCUT2D eigenvalue weighted by Crippen LogP contribution is 2.20. The third kappa shape index (κ3) is 3.72. The maximum Gasteiger partial charge on any atom is 0.339 e. The minimum Gasteiger partial charge on any atom is -0.379 e. The normalized spacial score (nSPS) is 11.3. The zero-order valence-corrected chi connectivity index (χ0v) is 12.1. The van der Waals surface area contributed by atoms with E-state index in [9.17, 15) is 8.42 Å². The van der Waals surface area contributed by atoms with E-state index in [0.717, 1.165) is 0 Å². The fourth-order valence-electron chi connectivity index (χ4n) is 1.63. The van der Waals surface area contributed by atoms with Gasteiger partial charge in [0, 0.05) is 0 Å². The summed E-state index contributed by atoms with van der Waals surface area (Å²) in [5, 5.41) is 8.68. The standard InChI is InChI=1S/C16H10N2O3S/c1-18-14(12-17)11-13-7-9-15(10-8-13)21-22(19,20)16-5-3-2-4-6-16/h2-11H. The molecule has 0 saturated heterocycles. The van der Waals surface area contributed by atoms with Crippen LogP contribution >= 0.6 is 0 Å². The lowest BCUT2D eigenvalue weighted by Gasteiger charge is -2.07. The molecule has 0 aliphatic heterocycles. The molecule has 0 saturated carbocycles. The SMILES string of the molecule is [C-]#[N+]C(C#N)=Cc1ccc(OS(=O)(=O)c2ccccc2)cc1. The molecule has 2 rings (SSSR count). The van der Waals surface area contributed by atoms with Gasteiger partial charge >= 0.3 is 10.1 Å². The summed E-state index contributed by atoms with van der Waals surface area (Å²) in [6.45, 7) is 6.79. The van der Waals surface area contributed by atoms with Crippen LogP contribution in [0.4, 0.5) is 0 Å². The van der Waals surface area contributed by atoms with Gasteiger partial charge in [0.05, 0.1) is 12.6 Å². The molecule has 108 valence electrons. The molecule has 2 aromatic carbocycles. The zero-order valence-electron chi connectivity index (χ0n) is 11.3. The van der Waals surface area contributed by atoms with E-state index in [-0.39, 0.29) is 16.3 Å². The first-order valence-corrected chi connectivity index (χ1v) is 7.55. The first-order valence-electron chi connectivity index (χ1n) is 6.14. The maximum atomic E-state index is 12.0. The zero-order chi connectivity index (χ0) is 16.0. The monoisotopic (exact) mass is 310 g/mol. The van der Waals surface area contributed by atoms with Crippen LogP contribution < -0.4 is 4.18 Å². The minimum absolute atomic E-state index is 0.0504.